The third-order valence-electron chi connectivity index (χ3n) is 5.21. The molecule has 0 saturated carbocycles. The van der Waals surface area contributed by atoms with E-state index in [-0.39, 0.29) is 10.8 Å². The number of thiazole rings is 1. The van der Waals surface area contributed by atoms with Crippen LogP contribution in [-0.2, 0) is 14.8 Å². The van der Waals surface area contributed by atoms with Gasteiger partial charge in [-0.25, -0.2) is 13.4 Å². The fraction of sp³-hybridized carbons (Fsp3) is 0.130. The molecule has 1 fully saturated rings. The first-order chi connectivity index (χ1) is 15.0. The fourth-order valence-electron chi connectivity index (χ4n) is 3.62. The highest BCUT2D eigenvalue weighted by molar-refractivity contribution is 7.92. The number of fused-ring (bicyclic) bond motifs is 1. The van der Waals surface area contributed by atoms with Gasteiger partial charge in [0, 0.05) is 29.9 Å². The number of amides is 1. The lowest BCUT2D eigenvalue weighted by atomic mass is 10.2. The maximum absolute atomic E-state index is 12.8. The van der Waals surface area contributed by atoms with Gasteiger partial charge in [-0.3, -0.25) is 9.52 Å². The van der Waals surface area contributed by atoms with E-state index in [1.165, 1.54) is 12.1 Å². The highest BCUT2D eigenvalue weighted by atomic mass is 32.2. The number of carbonyl (C=O) groups is 1. The van der Waals surface area contributed by atoms with Crippen molar-refractivity contribution >= 4 is 48.9 Å². The first-order valence-corrected chi connectivity index (χ1v) is 12.2. The van der Waals surface area contributed by atoms with Crippen LogP contribution in [0.5, 0.6) is 0 Å². The Hall–Kier alpha value is -3.23. The van der Waals surface area contributed by atoms with Gasteiger partial charge in [0.25, 0.3) is 10.0 Å². The average molecular weight is 450 g/mol. The predicted octanol–water partition coefficient (Wildman–Crippen LogP) is 4.89. The summed E-state index contributed by atoms with van der Waals surface area (Å²) in [6.45, 7) is 0.671. The molecular weight excluding hydrogens is 430 g/mol. The van der Waals surface area contributed by atoms with E-state index in [1.807, 2.05) is 36.4 Å². The van der Waals surface area contributed by atoms with Gasteiger partial charge in [-0.1, -0.05) is 12.1 Å². The molecule has 0 radical (unpaired) electrons. The van der Waals surface area contributed by atoms with Crippen LogP contribution in [0.4, 0.5) is 11.4 Å². The standard InChI is InChI=1S/C23H19N3O3S2/c27-22-6-3-15-26(22)18-11-13-19(14-12-18)31(28,29)25-17-9-7-16(8-10-17)23-24-20-4-1-2-5-21(20)30-23/h1-2,4-5,7-14,25H,3,6,15H2. The molecule has 1 amide bonds. The molecule has 4 aromatic rings. The van der Waals surface area contributed by atoms with Gasteiger partial charge in [0.15, 0.2) is 0 Å². The van der Waals surface area contributed by atoms with Crippen LogP contribution in [0.25, 0.3) is 20.8 Å². The molecule has 1 saturated heterocycles. The van der Waals surface area contributed by atoms with Crippen molar-refractivity contribution in [3.63, 3.8) is 0 Å². The summed E-state index contributed by atoms with van der Waals surface area (Å²) in [6.07, 6.45) is 1.36. The Kier molecular flexibility index (Phi) is 4.95. The molecule has 156 valence electrons. The average Bonchev–Trinajstić information content (AvgIpc) is 3.40. The zero-order chi connectivity index (χ0) is 21.4. The largest absolute Gasteiger partial charge is 0.312 e. The van der Waals surface area contributed by atoms with Gasteiger partial charge in [-0.15, -0.1) is 11.3 Å². The smallest absolute Gasteiger partial charge is 0.261 e. The Morgan fingerprint density at radius 3 is 2.35 bits per heavy atom. The zero-order valence-corrected chi connectivity index (χ0v) is 18.1. The number of hydrogen-bond donors (Lipinski definition) is 1. The summed E-state index contributed by atoms with van der Waals surface area (Å²) in [5, 5.41) is 0.891. The second-order valence-corrected chi connectivity index (χ2v) is 10.0. The zero-order valence-electron chi connectivity index (χ0n) is 16.5. The van der Waals surface area contributed by atoms with Gasteiger partial charge in [-0.2, -0.15) is 0 Å². The lowest BCUT2D eigenvalue weighted by molar-refractivity contribution is -0.117. The maximum Gasteiger partial charge on any atom is 0.261 e. The first-order valence-electron chi connectivity index (χ1n) is 9.89. The molecular formula is C23H19N3O3S2. The molecule has 8 heteroatoms. The predicted molar refractivity (Wildman–Crippen MR) is 124 cm³/mol. The van der Waals surface area contributed by atoms with Gasteiger partial charge < -0.3 is 4.90 Å². The summed E-state index contributed by atoms with van der Waals surface area (Å²) in [6, 6.07) is 21.5. The van der Waals surface area contributed by atoms with E-state index < -0.39 is 10.0 Å². The SMILES string of the molecule is O=C1CCCN1c1ccc(S(=O)(=O)Nc2ccc(-c3nc4ccccc4s3)cc2)cc1. The number of hydrogen-bond acceptors (Lipinski definition) is 5. The van der Waals surface area contributed by atoms with E-state index in [0.29, 0.717) is 18.7 Å². The van der Waals surface area contributed by atoms with Gasteiger partial charge in [0.05, 0.1) is 15.1 Å². The van der Waals surface area contributed by atoms with Crippen LogP contribution >= 0.6 is 11.3 Å². The second kappa shape index (κ2) is 7.79. The number of nitrogens with one attached hydrogen (secondary N) is 1. The van der Waals surface area contributed by atoms with Crippen LogP contribution in [0.3, 0.4) is 0 Å². The number of carbonyl (C=O) groups excluding carboxylic acids is 1. The molecule has 3 aromatic carbocycles. The van der Waals surface area contributed by atoms with Gasteiger partial charge >= 0.3 is 0 Å². The minimum absolute atomic E-state index is 0.0712. The van der Waals surface area contributed by atoms with Crippen molar-refractivity contribution in [2.45, 2.75) is 17.7 Å². The summed E-state index contributed by atoms with van der Waals surface area (Å²) in [7, 11) is -3.73. The van der Waals surface area contributed by atoms with Gasteiger partial charge in [-0.05, 0) is 67.1 Å². The molecule has 2 heterocycles. The minimum Gasteiger partial charge on any atom is -0.312 e. The summed E-state index contributed by atoms with van der Waals surface area (Å²) in [5.41, 5.74) is 3.08. The highest BCUT2D eigenvalue weighted by Crippen LogP contribution is 2.31. The molecule has 1 aliphatic rings. The van der Waals surface area contributed by atoms with Crippen molar-refractivity contribution < 1.29 is 13.2 Å². The summed E-state index contributed by atoms with van der Waals surface area (Å²) in [4.78, 5) is 18.3. The van der Waals surface area contributed by atoms with Crippen LogP contribution in [0.2, 0.25) is 0 Å². The normalized spacial score (nSPS) is 14.3. The molecule has 5 rings (SSSR count). The Labute approximate surface area is 184 Å². The van der Waals surface area contributed by atoms with Crippen molar-refractivity contribution in [2.24, 2.45) is 0 Å². The quantitative estimate of drug-likeness (QED) is 0.470. The van der Waals surface area contributed by atoms with Crippen LogP contribution < -0.4 is 9.62 Å². The Morgan fingerprint density at radius 2 is 1.68 bits per heavy atom. The Balaban J connectivity index is 1.33. The monoisotopic (exact) mass is 449 g/mol. The summed E-state index contributed by atoms with van der Waals surface area (Å²) in [5.74, 6) is 0.0712. The van der Waals surface area contributed by atoms with Crippen molar-refractivity contribution in [3.8, 4) is 10.6 Å². The van der Waals surface area contributed by atoms with E-state index in [0.717, 1.165) is 32.9 Å². The molecule has 0 bridgehead atoms. The number of sulfonamides is 1. The third kappa shape index (κ3) is 3.92. The van der Waals surface area contributed by atoms with E-state index in [9.17, 15) is 13.2 Å². The van der Waals surface area contributed by atoms with E-state index in [2.05, 4.69) is 9.71 Å². The molecule has 31 heavy (non-hydrogen) atoms. The van der Waals surface area contributed by atoms with Gasteiger partial charge in [0.1, 0.15) is 5.01 Å². The van der Waals surface area contributed by atoms with Crippen LogP contribution in [0, 0.1) is 0 Å². The number of rotatable bonds is 5. The van der Waals surface area contributed by atoms with Crippen molar-refractivity contribution in [1.29, 1.82) is 0 Å². The molecule has 1 N–H and O–H groups in total. The molecule has 0 unspecified atom stereocenters. The number of para-hydroxylation sites is 1. The highest BCUT2D eigenvalue weighted by Gasteiger charge is 2.22. The topological polar surface area (TPSA) is 79.4 Å². The first kappa shape index (κ1) is 19.7. The lowest BCUT2D eigenvalue weighted by Crippen LogP contribution is -2.23. The molecule has 1 aromatic heterocycles. The summed E-state index contributed by atoms with van der Waals surface area (Å²) < 4.78 is 29.3. The molecule has 1 aliphatic heterocycles. The minimum atomic E-state index is -3.73. The van der Waals surface area contributed by atoms with Crippen molar-refractivity contribution in [3.05, 3.63) is 72.8 Å². The third-order valence-corrected chi connectivity index (χ3v) is 7.69. The number of nitrogens with zero attached hydrogens (tertiary/aromatic N) is 2. The molecule has 0 aliphatic carbocycles. The summed E-state index contributed by atoms with van der Waals surface area (Å²) >= 11 is 1.60. The second-order valence-electron chi connectivity index (χ2n) is 7.31. The number of anilines is 2. The van der Waals surface area contributed by atoms with E-state index in [4.69, 9.17) is 0 Å². The molecule has 6 nitrogen and oxygen atoms in total. The van der Waals surface area contributed by atoms with Gasteiger partial charge in [0.2, 0.25) is 5.91 Å². The van der Waals surface area contributed by atoms with Crippen LogP contribution in [0.1, 0.15) is 12.8 Å². The Morgan fingerprint density at radius 1 is 0.935 bits per heavy atom. The number of aromatic nitrogens is 1. The van der Waals surface area contributed by atoms with Crippen LogP contribution in [0.15, 0.2) is 77.7 Å². The number of benzene rings is 3. The van der Waals surface area contributed by atoms with E-state index in [1.54, 1.807) is 40.5 Å². The Bertz CT molecular complexity index is 1330. The van der Waals surface area contributed by atoms with Crippen LogP contribution in [-0.4, -0.2) is 25.9 Å². The molecule has 0 atom stereocenters. The van der Waals surface area contributed by atoms with E-state index >= 15 is 0 Å². The lowest BCUT2D eigenvalue weighted by Gasteiger charge is -2.16. The van der Waals surface area contributed by atoms with Crippen molar-refractivity contribution in [2.75, 3.05) is 16.2 Å². The molecule has 0 spiro atoms. The maximum atomic E-state index is 12.8. The van der Waals surface area contributed by atoms with Crippen molar-refractivity contribution in [1.82, 2.24) is 4.98 Å². The fourth-order valence-corrected chi connectivity index (χ4v) is 5.65.